The van der Waals surface area contributed by atoms with Crippen LogP contribution in [0.4, 0.5) is 23.2 Å². The molecule has 5 nitrogen and oxygen atoms in total. The number of ether oxygens (including phenoxy) is 1. The summed E-state index contributed by atoms with van der Waals surface area (Å²) in [5.41, 5.74) is 0.845. The maximum Gasteiger partial charge on any atom is 0.416 e. The maximum absolute atomic E-state index is 13.7. The lowest BCUT2D eigenvalue weighted by atomic mass is 10.1. The van der Waals surface area contributed by atoms with Gasteiger partial charge in [-0.15, -0.1) is 0 Å². The minimum atomic E-state index is -4.89. The molecule has 0 fully saturated rings. The Labute approximate surface area is 164 Å². The van der Waals surface area contributed by atoms with E-state index in [9.17, 15) is 27.5 Å². The van der Waals surface area contributed by atoms with Gasteiger partial charge in [0.2, 0.25) is 5.91 Å². The number of hydrogen-bond donors (Lipinski definition) is 1. The smallest absolute Gasteiger partial charge is 0.416 e. The van der Waals surface area contributed by atoms with E-state index in [1.54, 1.807) is 24.3 Å². The van der Waals surface area contributed by atoms with E-state index in [-0.39, 0.29) is 17.8 Å². The van der Waals surface area contributed by atoms with Gasteiger partial charge in [-0.3, -0.25) is 9.80 Å². The normalized spacial score (nSPS) is 15.9. The molecule has 0 saturated heterocycles. The Bertz CT molecular complexity index is 913. The largest absolute Gasteiger partial charge is 0.497 e. The molecule has 1 heterocycles. The van der Waals surface area contributed by atoms with E-state index in [2.05, 4.69) is 0 Å². The van der Waals surface area contributed by atoms with Crippen LogP contribution in [0.15, 0.2) is 54.6 Å². The van der Waals surface area contributed by atoms with Crippen molar-refractivity contribution < 1.29 is 32.2 Å². The number of carbonyl (C=O) groups is 1. The van der Waals surface area contributed by atoms with Crippen molar-refractivity contribution in [3.8, 4) is 5.75 Å². The van der Waals surface area contributed by atoms with Crippen molar-refractivity contribution in [2.24, 2.45) is 0 Å². The Hall–Kier alpha value is -3.07. The molecule has 1 unspecified atom stereocenters. The Morgan fingerprint density at radius 3 is 2.45 bits per heavy atom. The highest BCUT2D eigenvalue weighted by Gasteiger charge is 2.42. The molecule has 0 aliphatic carbocycles. The number of amides is 1. The molecule has 2 aromatic rings. The molecule has 3 rings (SSSR count). The molecule has 1 amide bonds. The van der Waals surface area contributed by atoms with Crippen LogP contribution in [0.1, 0.15) is 12.0 Å². The first-order valence-corrected chi connectivity index (χ1v) is 8.66. The first-order chi connectivity index (χ1) is 13.7. The van der Waals surface area contributed by atoms with Crippen LogP contribution < -0.4 is 9.75 Å². The molecule has 1 N–H and O–H groups in total. The Morgan fingerprint density at radius 2 is 1.86 bits per heavy atom. The Morgan fingerprint density at radius 1 is 1.17 bits per heavy atom. The summed E-state index contributed by atoms with van der Waals surface area (Å²) in [5, 5.41) is 11.6. The van der Waals surface area contributed by atoms with E-state index >= 15 is 0 Å². The number of aliphatic hydroxyl groups is 1. The summed E-state index contributed by atoms with van der Waals surface area (Å²) in [4.78, 5) is 12.6. The van der Waals surface area contributed by atoms with E-state index in [0.29, 0.717) is 11.3 Å². The molecule has 0 spiro atoms. The number of nitrogens with zero attached hydrogens (tertiary/aromatic N) is 2. The number of alkyl halides is 3. The molecule has 154 valence electrons. The number of β-amino-alcohol motifs (C(OH)–C–C–N with tert-alkyl or cyclic N) is 1. The molecule has 1 atom stereocenters. The van der Waals surface area contributed by atoms with Gasteiger partial charge in [0.15, 0.2) is 6.10 Å². The van der Waals surface area contributed by atoms with Gasteiger partial charge in [0.05, 0.1) is 25.0 Å². The molecule has 0 saturated carbocycles. The fourth-order valence-corrected chi connectivity index (χ4v) is 2.99. The number of aliphatic hydroxyl groups excluding tert-OH is 1. The van der Waals surface area contributed by atoms with Crippen LogP contribution in [0.2, 0.25) is 0 Å². The minimum Gasteiger partial charge on any atom is -0.497 e. The van der Waals surface area contributed by atoms with Crippen LogP contribution in [0.25, 0.3) is 5.70 Å². The predicted molar refractivity (Wildman–Crippen MR) is 98.2 cm³/mol. The number of anilines is 1. The monoisotopic (exact) mass is 410 g/mol. The average Bonchev–Trinajstić information content (AvgIpc) is 2.67. The van der Waals surface area contributed by atoms with Gasteiger partial charge in [0.25, 0.3) is 0 Å². The van der Waals surface area contributed by atoms with Crippen molar-refractivity contribution in [1.29, 1.82) is 0 Å². The van der Waals surface area contributed by atoms with E-state index in [1.807, 2.05) is 0 Å². The SMILES string of the molecule is COc1ccc(C2=CCC(=O)N(c3cccc(F)c3)N2CC(O)C(F)(F)F)cc1. The Balaban J connectivity index is 2.06. The highest BCUT2D eigenvalue weighted by molar-refractivity contribution is 5.97. The third kappa shape index (κ3) is 4.51. The molecule has 0 aromatic heterocycles. The molecule has 2 aromatic carbocycles. The number of hydrazine groups is 1. The van der Waals surface area contributed by atoms with Crippen molar-refractivity contribution in [3.63, 3.8) is 0 Å². The number of methoxy groups -OCH3 is 1. The van der Waals surface area contributed by atoms with E-state index < -0.39 is 30.5 Å². The minimum absolute atomic E-state index is 0.0588. The van der Waals surface area contributed by atoms with Gasteiger partial charge < -0.3 is 9.84 Å². The fraction of sp³-hybridized carbons (Fsp3) is 0.250. The maximum atomic E-state index is 13.7. The predicted octanol–water partition coefficient (Wildman–Crippen LogP) is 3.75. The quantitative estimate of drug-likeness (QED) is 0.763. The summed E-state index contributed by atoms with van der Waals surface area (Å²) in [5.74, 6) is -0.653. The Kier molecular flexibility index (Phi) is 5.78. The summed E-state index contributed by atoms with van der Waals surface area (Å²) in [6, 6.07) is 11.4. The second kappa shape index (κ2) is 8.12. The second-order valence-corrected chi connectivity index (χ2v) is 6.35. The second-order valence-electron chi connectivity index (χ2n) is 6.35. The molecule has 0 radical (unpaired) electrons. The molecular weight excluding hydrogens is 392 g/mol. The van der Waals surface area contributed by atoms with Crippen LogP contribution in [-0.2, 0) is 4.79 Å². The van der Waals surface area contributed by atoms with Gasteiger partial charge in [0, 0.05) is 6.42 Å². The van der Waals surface area contributed by atoms with Gasteiger partial charge in [0.1, 0.15) is 11.6 Å². The molecule has 0 bridgehead atoms. The van der Waals surface area contributed by atoms with Crippen LogP contribution in [0.5, 0.6) is 5.75 Å². The molecule has 29 heavy (non-hydrogen) atoms. The summed E-state index contributed by atoms with van der Waals surface area (Å²) in [6.45, 7) is -0.941. The zero-order chi connectivity index (χ0) is 21.2. The standard InChI is InChI=1S/C20H18F4N2O3/c1-29-16-7-5-13(6-8-16)17-9-10-19(28)26(15-4-2-3-14(21)11-15)25(17)12-18(27)20(22,23)24/h2-9,11,18,27H,10,12H2,1H3. The van der Waals surface area contributed by atoms with Gasteiger partial charge in [-0.05, 0) is 54.1 Å². The van der Waals surface area contributed by atoms with Crippen molar-refractivity contribution in [3.05, 3.63) is 66.0 Å². The lowest BCUT2D eigenvalue weighted by Crippen LogP contribution is -2.53. The third-order valence-corrected chi connectivity index (χ3v) is 4.39. The van der Waals surface area contributed by atoms with Crippen LogP contribution >= 0.6 is 0 Å². The summed E-state index contributed by atoms with van der Waals surface area (Å²) < 4.78 is 57.9. The van der Waals surface area contributed by atoms with Gasteiger partial charge in [-0.25, -0.2) is 9.40 Å². The lowest BCUT2D eigenvalue weighted by Gasteiger charge is -2.41. The number of rotatable bonds is 5. The van der Waals surface area contributed by atoms with Gasteiger partial charge in [-0.2, -0.15) is 13.2 Å². The molecule has 1 aliphatic heterocycles. The zero-order valence-corrected chi connectivity index (χ0v) is 15.4. The number of halogens is 4. The zero-order valence-electron chi connectivity index (χ0n) is 15.4. The van der Waals surface area contributed by atoms with E-state index in [0.717, 1.165) is 22.2 Å². The summed E-state index contributed by atoms with van der Waals surface area (Å²) in [7, 11) is 1.48. The van der Waals surface area contributed by atoms with Crippen LogP contribution in [0, 0.1) is 5.82 Å². The van der Waals surface area contributed by atoms with Crippen LogP contribution in [-0.4, -0.2) is 42.0 Å². The topological polar surface area (TPSA) is 53.0 Å². The van der Waals surface area contributed by atoms with Gasteiger partial charge in [-0.1, -0.05) is 6.07 Å². The number of carbonyl (C=O) groups excluding carboxylic acids is 1. The van der Waals surface area contributed by atoms with E-state index in [4.69, 9.17) is 4.74 Å². The summed E-state index contributed by atoms with van der Waals surface area (Å²) in [6.07, 6.45) is -6.23. The average molecular weight is 410 g/mol. The van der Waals surface area contributed by atoms with Gasteiger partial charge >= 0.3 is 6.18 Å². The van der Waals surface area contributed by atoms with Crippen molar-refractivity contribution >= 4 is 17.3 Å². The molecular formula is C20H18F4N2O3. The lowest BCUT2D eigenvalue weighted by molar-refractivity contribution is -0.206. The first-order valence-electron chi connectivity index (χ1n) is 8.66. The fourth-order valence-electron chi connectivity index (χ4n) is 2.99. The molecule has 9 heteroatoms. The number of benzene rings is 2. The highest BCUT2D eigenvalue weighted by atomic mass is 19.4. The van der Waals surface area contributed by atoms with Crippen molar-refractivity contribution in [2.45, 2.75) is 18.7 Å². The number of hydrogen-bond acceptors (Lipinski definition) is 4. The van der Waals surface area contributed by atoms with Crippen molar-refractivity contribution in [2.75, 3.05) is 18.7 Å². The highest BCUT2D eigenvalue weighted by Crippen LogP contribution is 2.33. The van der Waals surface area contributed by atoms with E-state index in [1.165, 1.54) is 25.3 Å². The first kappa shape index (κ1) is 20.7. The van der Waals surface area contributed by atoms with Crippen molar-refractivity contribution in [1.82, 2.24) is 5.01 Å². The van der Waals surface area contributed by atoms with Crippen LogP contribution in [0.3, 0.4) is 0 Å². The summed E-state index contributed by atoms with van der Waals surface area (Å²) >= 11 is 0. The molecule has 1 aliphatic rings. The third-order valence-electron chi connectivity index (χ3n) is 4.39.